The highest BCUT2D eigenvalue weighted by Gasteiger charge is 2.23. The van der Waals surface area contributed by atoms with Gasteiger partial charge in [0, 0.05) is 15.6 Å². The lowest BCUT2D eigenvalue weighted by atomic mass is 9.85. The Kier molecular flexibility index (Phi) is 4.41. The summed E-state index contributed by atoms with van der Waals surface area (Å²) in [4.78, 5) is 13.1. The summed E-state index contributed by atoms with van der Waals surface area (Å²) in [5.41, 5.74) is 2.03. The van der Waals surface area contributed by atoms with E-state index in [-0.39, 0.29) is 5.41 Å². The van der Waals surface area contributed by atoms with E-state index in [1.807, 2.05) is 43.3 Å². The predicted octanol–water partition coefficient (Wildman–Crippen LogP) is 6.38. The van der Waals surface area contributed by atoms with Crippen molar-refractivity contribution >= 4 is 39.0 Å². The van der Waals surface area contributed by atoms with Crippen LogP contribution in [-0.2, 0) is 5.41 Å². The summed E-state index contributed by atoms with van der Waals surface area (Å²) in [5, 5.41) is 1.35. The molecule has 0 atom stereocenters. The van der Waals surface area contributed by atoms with Crippen LogP contribution in [0.5, 0.6) is 5.75 Å². The SMILES string of the molecule is Cc1ccc(OC(=O)c2sc3ccccc3c2Cl)c(C(C)(C)C)c1. The number of thiophene rings is 1. The van der Waals surface area contributed by atoms with Crippen molar-refractivity contribution in [3.63, 3.8) is 0 Å². The van der Waals surface area contributed by atoms with E-state index in [9.17, 15) is 4.79 Å². The van der Waals surface area contributed by atoms with Crippen LogP contribution in [0.2, 0.25) is 5.02 Å². The molecule has 1 heterocycles. The van der Waals surface area contributed by atoms with Crippen molar-refractivity contribution in [2.45, 2.75) is 33.1 Å². The fourth-order valence-corrected chi connectivity index (χ4v) is 4.00. The normalized spacial score (nSPS) is 11.7. The third-order valence-corrected chi connectivity index (χ3v) is 5.52. The summed E-state index contributed by atoms with van der Waals surface area (Å²) in [6, 6.07) is 13.6. The van der Waals surface area contributed by atoms with Crippen LogP contribution in [0, 0.1) is 6.92 Å². The first-order valence-corrected chi connectivity index (χ1v) is 8.97. The lowest BCUT2D eigenvalue weighted by Crippen LogP contribution is -2.16. The van der Waals surface area contributed by atoms with Gasteiger partial charge in [-0.1, -0.05) is 68.3 Å². The molecule has 0 radical (unpaired) electrons. The molecule has 2 aromatic carbocycles. The number of carbonyl (C=O) groups excluding carboxylic acids is 1. The Hall–Kier alpha value is -1.84. The Morgan fingerprint density at radius 1 is 1.12 bits per heavy atom. The molecule has 0 amide bonds. The van der Waals surface area contributed by atoms with Crippen molar-refractivity contribution in [2.75, 3.05) is 0 Å². The second-order valence-corrected chi connectivity index (χ2v) is 8.31. The minimum atomic E-state index is -0.407. The zero-order valence-corrected chi connectivity index (χ0v) is 15.7. The molecule has 3 aromatic rings. The average Bonchev–Trinajstić information content (AvgIpc) is 2.86. The van der Waals surface area contributed by atoms with Gasteiger partial charge in [0.05, 0.1) is 5.02 Å². The van der Waals surface area contributed by atoms with Gasteiger partial charge in [-0.25, -0.2) is 4.79 Å². The second-order valence-electron chi connectivity index (χ2n) is 6.88. The standard InChI is InChI=1S/C20H19ClO2S/c1-12-9-10-15(14(11-12)20(2,3)4)23-19(22)18-17(21)13-7-5-6-8-16(13)24-18/h5-11H,1-4H3. The van der Waals surface area contributed by atoms with Crippen molar-refractivity contribution in [1.29, 1.82) is 0 Å². The second kappa shape index (κ2) is 6.23. The smallest absolute Gasteiger partial charge is 0.355 e. The van der Waals surface area contributed by atoms with E-state index in [4.69, 9.17) is 16.3 Å². The maximum atomic E-state index is 12.7. The third-order valence-electron chi connectivity index (χ3n) is 3.87. The molecule has 4 heteroatoms. The Labute approximate surface area is 151 Å². The van der Waals surface area contributed by atoms with Gasteiger partial charge in [0.15, 0.2) is 0 Å². The minimum absolute atomic E-state index is 0.119. The molecule has 0 aliphatic heterocycles. The summed E-state index contributed by atoms with van der Waals surface area (Å²) in [6.07, 6.45) is 0. The fraction of sp³-hybridized carbons (Fsp3) is 0.250. The highest BCUT2D eigenvalue weighted by molar-refractivity contribution is 7.21. The van der Waals surface area contributed by atoms with Crippen LogP contribution in [0.1, 0.15) is 41.6 Å². The van der Waals surface area contributed by atoms with Crippen LogP contribution in [0.4, 0.5) is 0 Å². The maximum Gasteiger partial charge on any atom is 0.355 e. The quantitative estimate of drug-likeness (QED) is 0.392. The first kappa shape index (κ1) is 17.0. The lowest BCUT2D eigenvalue weighted by Gasteiger charge is -2.22. The Balaban J connectivity index is 1.99. The van der Waals surface area contributed by atoms with E-state index in [2.05, 4.69) is 26.8 Å². The van der Waals surface area contributed by atoms with Crippen LogP contribution < -0.4 is 4.74 Å². The molecule has 0 aliphatic rings. The molecule has 0 N–H and O–H groups in total. The minimum Gasteiger partial charge on any atom is -0.422 e. The predicted molar refractivity (Wildman–Crippen MR) is 102 cm³/mol. The molecular formula is C20H19ClO2S. The first-order valence-electron chi connectivity index (χ1n) is 7.77. The van der Waals surface area contributed by atoms with Crippen LogP contribution in [0.3, 0.4) is 0 Å². The number of fused-ring (bicyclic) bond motifs is 1. The number of aryl methyl sites for hydroxylation is 1. The van der Waals surface area contributed by atoms with Gasteiger partial charge in [0.2, 0.25) is 0 Å². The monoisotopic (exact) mass is 358 g/mol. The van der Waals surface area contributed by atoms with E-state index >= 15 is 0 Å². The van der Waals surface area contributed by atoms with Gasteiger partial charge < -0.3 is 4.74 Å². The number of benzene rings is 2. The molecule has 3 rings (SSSR count). The molecule has 24 heavy (non-hydrogen) atoms. The molecule has 124 valence electrons. The van der Waals surface area contributed by atoms with Crippen molar-refractivity contribution in [2.24, 2.45) is 0 Å². The molecule has 0 spiro atoms. The lowest BCUT2D eigenvalue weighted by molar-refractivity contribution is 0.0737. The molecule has 0 bridgehead atoms. The van der Waals surface area contributed by atoms with E-state index < -0.39 is 5.97 Å². The van der Waals surface area contributed by atoms with Crippen LogP contribution in [0.15, 0.2) is 42.5 Å². The summed E-state index contributed by atoms with van der Waals surface area (Å²) < 4.78 is 6.69. The summed E-state index contributed by atoms with van der Waals surface area (Å²) >= 11 is 7.74. The molecule has 0 saturated heterocycles. The number of ether oxygens (including phenoxy) is 1. The van der Waals surface area contributed by atoms with Crippen LogP contribution >= 0.6 is 22.9 Å². The van der Waals surface area contributed by atoms with E-state index in [1.165, 1.54) is 11.3 Å². The molecule has 0 fully saturated rings. The van der Waals surface area contributed by atoms with Gasteiger partial charge in [-0.05, 0) is 24.5 Å². The van der Waals surface area contributed by atoms with Gasteiger partial charge >= 0.3 is 5.97 Å². The average molecular weight is 359 g/mol. The molecule has 2 nitrogen and oxygen atoms in total. The summed E-state index contributed by atoms with van der Waals surface area (Å²) in [5.74, 6) is 0.183. The largest absolute Gasteiger partial charge is 0.422 e. The number of hydrogen-bond acceptors (Lipinski definition) is 3. The molecule has 0 aliphatic carbocycles. The molecule has 0 unspecified atom stereocenters. The Bertz CT molecular complexity index is 919. The van der Waals surface area contributed by atoms with E-state index in [0.717, 1.165) is 21.2 Å². The van der Waals surface area contributed by atoms with E-state index in [1.54, 1.807) is 0 Å². The number of esters is 1. The molecule has 0 saturated carbocycles. The molecule has 1 aromatic heterocycles. The zero-order valence-electron chi connectivity index (χ0n) is 14.1. The van der Waals surface area contributed by atoms with Crippen molar-refractivity contribution in [3.05, 3.63) is 63.5 Å². The highest BCUT2D eigenvalue weighted by Crippen LogP contribution is 2.37. The number of carbonyl (C=O) groups is 1. The molecular weight excluding hydrogens is 340 g/mol. The summed E-state index contributed by atoms with van der Waals surface area (Å²) in [6.45, 7) is 8.34. The van der Waals surface area contributed by atoms with Gasteiger partial charge in [0.25, 0.3) is 0 Å². The first-order chi connectivity index (χ1) is 11.3. The van der Waals surface area contributed by atoms with Crippen molar-refractivity contribution < 1.29 is 9.53 Å². The number of hydrogen-bond donors (Lipinski definition) is 0. The number of rotatable bonds is 2. The van der Waals surface area contributed by atoms with Gasteiger partial charge in [-0.2, -0.15) is 0 Å². The summed E-state index contributed by atoms with van der Waals surface area (Å²) in [7, 11) is 0. The van der Waals surface area contributed by atoms with E-state index in [0.29, 0.717) is 15.6 Å². The van der Waals surface area contributed by atoms with Crippen LogP contribution in [-0.4, -0.2) is 5.97 Å². The Morgan fingerprint density at radius 3 is 2.50 bits per heavy atom. The van der Waals surface area contributed by atoms with Crippen LogP contribution in [0.25, 0.3) is 10.1 Å². The zero-order chi connectivity index (χ0) is 17.5. The fourth-order valence-electron chi connectivity index (χ4n) is 2.61. The van der Waals surface area contributed by atoms with Crippen molar-refractivity contribution in [3.8, 4) is 5.75 Å². The van der Waals surface area contributed by atoms with Crippen molar-refractivity contribution in [1.82, 2.24) is 0 Å². The Morgan fingerprint density at radius 2 is 1.83 bits per heavy atom. The topological polar surface area (TPSA) is 26.3 Å². The number of halogens is 1. The van der Waals surface area contributed by atoms with Gasteiger partial charge in [-0.15, -0.1) is 11.3 Å². The third kappa shape index (κ3) is 3.19. The highest BCUT2D eigenvalue weighted by atomic mass is 35.5. The van der Waals surface area contributed by atoms with Gasteiger partial charge in [0.1, 0.15) is 10.6 Å². The van der Waals surface area contributed by atoms with Gasteiger partial charge in [-0.3, -0.25) is 0 Å². The maximum absolute atomic E-state index is 12.7.